The minimum absolute atomic E-state index is 0.0713. The average molecular weight is 395 g/mol. The normalized spacial score (nSPS) is 20.0. The fourth-order valence-electron chi connectivity index (χ4n) is 3.77. The topological polar surface area (TPSA) is 81.8 Å². The van der Waals surface area contributed by atoms with Crippen LogP contribution in [0.5, 0.6) is 0 Å². The molecule has 2 N–H and O–H groups in total. The van der Waals surface area contributed by atoms with Crippen molar-refractivity contribution in [2.24, 2.45) is 0 Å². The van der Waals surface area contributed by atoms with Gasteiger partial charge in [-0.15, -0.1) is 0 Å². The first kappa shape index (κ1) is 20.3. The van der Waals surface area contributed by atoms with E-state index in [1.165, 1.54) is 12.5 Å². The largest absolute Gasteiger partial charge is 0.326 e. The molecule has 3 rings (SSSR count). The van der Waals surface area contributed by atoms with Crippen molar-refractivity contribution in [3.05, 3.63) is 29.8 Å². The van der Waals surface area contributed by atoms with Crippen molar-refractivity contribution < 1.29 is 13.2 Å². The maximum Gasteiger partial charge on any atom is 0.279 e. The van der Waals surface area contributed by atoms with Crippen molar-refractivity contribution in [2.45, 2.75) is 45.1 Å². The molecule has 7 nitrogen and oxygen atoms in total. The Balaban J connectivity index is 1.42. The number of carbonyl (C=O) groups excluding carboxylic acids is 1. The second-order valence-corrected chi connectivity index (χ2v) is 9.18. The molecule has 0 radical (unpaired) electrons. The summed E-state index contributed by atoms with van der Waals surface area (Å²) < 4.78 is 29.5. The Bertz CT molecular complexity index is 722. The van der Waals surface area contributed by atoms with E-state index in [2.05, 4.69) is 14.9 Å². The van der Waals surface area contributed by atoms with E-state index in [0.717, 1.165) is 57.4 Å². The Morgan fingerprint density at radius 3 is 2.30 bits per heavy atom. The van der Waals surface area contributed by atoms with Gasteiger partial charge in [-0.25, -0.2) is 0 Å². The van der Waals surface area contributed by atoms with E-state index >= 15 is 0 Å². The molecule has 0 aromatic heterocycles. The molecule has 0 spiro atoms. The lowest BCUT2D eigenvalue weighted by Gasteiger charge is -2.34. The molecular formula is C19H30N4O3S. The van der Waals surface area contributed by atoms with E-state index in [0.29, 0.717) is 13.1 Å². The highest BCUT2D eigenvalue weighted by atomic mass is 32.2. The highest BCUT2D eigenvalue weighted by molar-refractivity contribution is 7.87. The zero-order valence-electron chi connectivity index (χ0n) is 16.0. The van der Waals surface area contributed by atoms with Crippen molar-refractivity contribution >= 4 is 21.8 Å². The molecule has 1 aliphatic heterocycles. The number of rotatable bonds is 7. The first-order chi connectivity index (χ1) is 12.9. The van der Waals surface area contributed by atoms with Gasteiger partial charge in [0.1, 0.15) is 0 Å². The van der Waals surface area contributed by atoms with Crippen LogP contribution in [0.4, 0.5) is 5.69 Å². The van der Waals surface area contributed by atoms with Gasteiger partial charge in [0.25, 0.3) is 10.2 Å². The van der Waals surface area contributed by atoms with Crippen LogP contribution in [0.2, 0.25) is 0 Å². The van der Waals surface area contributed by atoms with E-state index in [-0.39, 0.29) is 11.9 Å². The Morgan fingerprint density at radius 1 is 1.07 bits per heavy atom. The van der Waals surface area contributed by atoms with Crippen molar-refractivity contribution in [3.63, 3.8) is 0 Å². The van der Waals surface area contributed by atoms with E-state index < -0.39 is 10.2 Å². The Morgan fingerprint density at radius 2 is 1.70 bits per heavy atom. The lowest BCUT2D eigenvalue weighted by molar-refractivity contribution is -0.114. The third-order valence-corrected chi connectivity index (χ3v) is 7.01. The van der Waals surface area contributed by atoms with Crippen molar-refractivity contribution in [3.8, 4) is 0 Å². The fourth-order valence-corrected chi connectivity index (χ4v) is 5.22. The summed E-state index contributed by atoms with van der Waals surface area (Å²) in [6.07, 6.45) is 5.06. The summed E-state index contributed by atoms with van der Waals surface area (Å²) >= 11 is 0. The lowest BCUT2D eigenvalue weighted by atomic mass is 10.1. The summed E-state index contributed by atoms with van der Waals surface area (Å²) in [6, 6.07) is 7.99. The van der Waals surface area contributed by atoms with Crippen molar-refractivity contribution in [2.75, 3.05) is 38.0 Å². The number of hydrogen-bond donors (Lipinski definition) is 2. The zero-order valence-corrected chi connectivity index (χ0v) is 16.8. The number of nitrogens with one attached hydrogen (secondary N) is 2. The van der Waals surface area contributed by atoms with E-state index in [9.17, 15) is 13.2 Å². The van der Waals surface area contributed by atoms with Gasteiger partial charge in [0, 0.05) is 51.4 Å². The van der Waals surface area contributed by atoms with Gasteiger partial charge in [0.2, 0.25) is 5.91 Å². The van der Waals surface area contributed by atoms with Crippen LogP contribution in [0.3, 0.4) is 0 Å². The van der Waals surface area contributed by atoms with E-state index in [4.69, 9.17) is 0 Å². The van der Waals surface area contributed by atoms with Gasteiger partial charge in [-0.3, -0.25) is 4.79 Å². The predicted octanol–water partition coefficient (Wildman–Crippen LogP) is 1.58. The number of anilines is 1. The summed E-state index contributed by atoms with van der Waals surface area (Å²) in [6.45, 7) is 5.01. The van der Waals surface area contributed by atoms with Gasteiger partial charge >= 0.3 is 0 Å². The highest BCUT2D eigenvalue weighted by Gasteiger charge is 2.29. The quantitative estimate of drug-likeness (QED) is 0.736. The van der Waals surface area contributed by atoms with Gasteiger partial charge in [-0.1, -0.05) is 25.0 Å². The first-order valence-corrected chi connectivity index (χ1v) is 11.2. The molecule has 150 valence electrons. The molecule has 0 atom stereocenters. The molecular weight excluding hydrogens is 364 g/mol. The number of nitrogens with zero attached hydrogens (tertiary/aromatic N) is 2. The third-order valence-electron chi connectivity index (χ3n) is 5.33. The Kier molecular flexibility index (Phi) is 6.86. The van der Waals surface area contributed by atoms with Crippen LogP contribution in [0.1, 0.15) is 38.2 Å². The molecule has 2 aliphatic rings. The van der Waals surface area contributed by atoms with Crippen LogP contribution in [0.15, 0.2) is 24.3 Å². The molecule has 1 aliphatic carbocycles. The number of carbonyl (C=O) groups is 1. The van der Waals surface area contributed by atoms with Gasteiger partial charge in [0.15, 0.2) is 0 Å². The van der Waals surface area contributed by atoms with Gasteiger partial charge in [-0.2, -0.15) is 17.4 Å². The van der Waals surface area contributed by atoms with Crippen LogP contribution in [0.25, 0.3) is 0 Å². The van der Waals surface area contributed by atoms with E-state index in [1.807, 2.05) is 24.3 Å². The number of amides is 1. The van der Waals surface area contributed by atoms with Crippen LogP contribution in [-0.2, 0) is 21.4 Å². The second-order valence-electron chi connectivity index (χ2n) is 7.47. The number of benzene rings is 1. The van der Waals surface area contributed by atoms with Crippen LogP contribution in [0, 0.1) is 0 Å². The molecule has 1 saturated carbocycles. The van der Waals surface area contributed by atoms with Gasteiger partial charge in [-0.05, 0) is 37.0 Å². The molecule has 1 aromatic carbocycles. The van der Waals surface area contributed by atoms with Crippen molar-refractivity contribution in [1.82, 2.24) is 13.9 Å². The molecule has 1 saturated heterocycles. The number of hydrogen-bond acceptors (Lipinski definition) is 4. The van der Waals surface area contributed by atoms with Crippen LogP contribution in [-0.4, -0.2) is 62.3 Å². The number of piperazine rings is 1. The first-order valence-electron chi connectivity index (χ1n) is 9.79. The molecule has 2 fully saturated rings. The average Bonchev–Trinajstić information content (AvgIpc) is 3.13. The highest BCUT2D eigenvalue weighted by Crippen LogP contribution is 2.19. The maximum atomic E-state index is 12.5. The molecule has 27 heavy (non-hydrogen) atoms. The summed E-state index contributed by atoms with van der Waals surface area (Å²) in [4.78, 5) is 13.4. The minimum Gasteiger partial charge on any atom is -0.326 e. The van der Waals surface area contributed by atoms with Gasteiger partial charge < -0.3 is 10.2 Å². The monoisotopic (exact) mass is 394 g/mol. The standard InChI is InChI=1S/C19H30N4O3S/c1-16(24)20-18-8-6-17(7-9-18)10-11-22-12-14-23(15-13-22)27(25,26)21-19-4-2-3-5-19/h6-9,19,21H,2-5,10-15H2,1H3,(H,20,24). The van der Waals surface area contributed by atoms with Gasteiger partial charge in [0.05, 0.1) is 0 Å². The molecule has 1 aromatic rings. The molecule has 1 amide bonds. The van der Waals surface area contributed by atoms with Crippen LogP contribution < -0.4 is 10.0 Å². The third kappa shape index (κ3) is 6.00. The second kappa shape index (κ2) is 9.14. The van der Waals surface area contributed by atoms with Crippen LogP contribution >= 0.6 is 0 Å². The lowest BCUT2D eigenvalue weighted by Crippen LogP contribution is -2.53. The molecule has 0 bridgehead atoms. The molecule has 1 heterocycles. The zero-order chi connectivity index (χ0) is 19.3. The summed E-state index contributed by atoms with van der Waals surface area (Å²) in [7, 11) is -3.35. The Hall–Kier alpha value is -1.48. The maximum absolute atomic E-state index is 12.5. The summed E-state index contributed by atoms with van der Waals surface area (Å²) in [5, 5.41) is 2.76. The summed E-state index contributed by atoms with van der Waals surface area (Å²) in [5.41, 5.74) is 2.02. The summed E-state index contributed by atoms with van der Waals surface area (Å²) in [5.74, 6) is -0.0713. The smallest absolute Gasteiger partial charge is 0.279 e. The Labute approximate surface area is 162 Å². The van der Waals surface area contributed by atoms with Crippen molar-refractivity contribution in [1.29, 1.82) is 0 Å². The predicted molar refractivity (Wildman–Crippen MR) is 107 cm³/mol. The minimum atomic E-state index is -3.35. The fraction of sp³-hybridized carbons (Fsp3) is 0.632. The van der Waals surface area contributed by atoms with E-state index in [1.54, 1.807) is 4.31 Å². The molecule has 8 heteroatoms. The molecule has 0 unspecified atom stereocenters. The SMILES string of the molecule is CC(=O)Nc1ccc(CCN2CCN(S(=O)(=O)NC3CCCC3)CC2)cc1.